The van der Waals surface area contributed by atoms with Crippen LogP contribution in [0.5, 0.6) is 5.75 Å². The van der Waals surface area contributed by atoms with E-state index in [-0.39, 0.29) is 16.3 Å². The number of nitrogens with two attached hydrogens (primary N) is 1. The van der Waals surface area contributed by atoms with Gasteiger partial charge >= 0.3 is 0 Å². The molecule has 1 heterocycles. The number of anilines is 2. The van der Waals surface area contributed by atoms with E-state index in [2.05, 4.69) is 15.8 Å². The Hall–Kier alpha value is -4.06. The summed E-state index contributed by atoms with van der Waals surface area (Å²) in [5.41, 5.74) is 9.27. The summed E-state index contributed by atoms with van der Waals surface area (Å²) in [6.45, 7) is 0. The van der Waals surface area contributed by atoms with Crippen molar-refractivity contribution in [3.63, 3.8) is 0 Å². The van der Waals surface area contributed by atoms with Crippen molar-refractivity contribution in [2.45, 2.75) is 4.90 Å². The normalized spacial score (nSPS) is 11.0. The van der Waals surface area contributed by atoms with Gasteiger partial charge < -0.3 is 10.5 Å². The van der Waals surface area contributed by atoms with Crippen molar-refractivity contribution in [1.82, 2.24) is 4.98 Å². The first-order chi connectivity index (χ1) is 16.3. The zero-order valence-corrected chi connectivity index (χ0v) is 19.6. The van der Waals surface area contributed by atoms with Crippen molar-refractivity contribution in [3.05, 3.63) is 89.4 Å². The van der Waals surface area contributed by atoms with Crippen LogP contribution in [-0.4, -0.2) is 20.5 Å². The summed E-state index contributed by atoms with van der Waals surface area (Å²) in [4.78, 5) is 4.48. The Kier molecular flexibility index (Phi) is 6.41. The van der Waals surface area contributed by atoms with Crippen molar-refractivity contribution < 1.29 is 13.2 Å². The van der Waals surface area contributed by atoms with Crippen molar-refractivity contribution in [3.8, 4) is 34.2 Å². The monoisotopic (exact) mass is 490 g/mol. The predicted octanol–water partition coefficient (Wildman–Crippen LogP) is 5.33. The number of nitriles is 1. The minimum absolute atomic E-state index is 0.0911. The molecule has 0 bridgehead atoms. The molecule has 0 unspecified atom stereocenters. The standard InChI is InChI=1S/C25H19ClN4O3S/c1-33-24-5-3-2-4-20(24)21-14-23(29-25(28)22(21)15-27)16-6-10-18(11-7-16)30-34(31,32)19-12-8-17(26)9-13-19/h2-14,30H,1H3,(H2,28,29). The molecule has 0 atom stereocenters. The van der Waals surface area contributed by atoms with Gasteiger partial charge in [0.15, 0.2) is 0 Å². The summed E-state index contributed by atoms with van der Waals surface area (Å²) in [6.07, 6.45) is 0. The number of rotatable bonds is 6. The molecule has 0 saturated heterocycles. The molecule has 0 fully saturated rings. The van der Waals surface area contributed by atoms with E-state index in [4.69, 9.17) is 22.1 Å². The first-order valence-corrected chi connectivity index (χ1v) is 11.9. The lowest BCUT2D eigenvalue weighted by molar-refractivity contribution is 0.416. The molecular formula is C25H19ClN4O3S. The van der Waals surface area contributed by atoms with Crippen LogP contribution < -0.4 is 15.2 Å². The van der Waals surface area contributed by atoms with Gasteiger partial charge in [0, 0.05) is 27.4 Å². The number of halogens is 1. The minimum Gasteiger partial charge on any atom is -0.496 e. The van der Waals surface area contributed by atoms with Gasteiger partial charge in [0.2, 0.25) is 0 Å². The molecule has 4 rings (SSSR count). The topological polar surface area (TPSA) is 118 Å². The van der Waals surface area contributed by atoms with Crippen LogP contribution in [0.4, 0.5) is 11.5 Å². The molecule has 3 N–H and O–H groups in total. The van der Waals surface area contributed by atoms with Crippen molar-refractivity contribution in [2.24, 2.45) is 0 Å². The number of aromatic nitrogens is 1. The van der Waals surface area contributed by atoms with Gasteiger partial charge in [0.05, 0.1) is 17.7 Å². The van der Waals surface area contributed by atoms with Gasteiger partial charge in [0.25, 0.3) is 10.0 Å². The molecule has 9 heteroatoms. The summed E-state index contributed by atoms with van der Waals surface area (Å²) >= 11 is 5.84. The molecule has 34 heavy (non-hydrogen) atoms. The van der Waals surface area contributed by atoms with Gasteiger partial charge in [-0.2, -0.15) is 5.26 Å². The molecule has 0 aliphatic heterocycles. The fourth-order valence-electron chi connectivity index (χ4n) is 3.45. The van der Waals surface area contributed by atoms with Gasteiger partial charge in [-0.05, 0) is 48.5 Å². The van der Waals surface area contributed by atoms with Gasteiger partial charge in [-0.3, -0.25) is 4.72 Å². The first-order valence-electron chi connectivity index (χ1n) is 10.0. The average Bonchev–Trinajstić information content (AvgIpc) is 2.84. The SMILES string of the molecule is COc1ccccc1-c1cc(-c2ccc(NS(=O)(=O)c3ccc(Cl)cc3)cc2)nc(N)c1C#N. The Bertz CT molecular complexity index is 1500. The molecular weight excluding hydrogens is 472 g/mol. The number of pyridine rings is 1. The Morgan fingerprint density at radius 2 is 1.68 bits per heavy atom. The highest BCUT2D eigenvalue weighted by molar-refractivity contribution is 7.92. The smallest absolute Gasteiger partial charge is 0.261 e. The number of nitrogens with one attached hydrogen (secondary N) is 1. The van der Waals surface area contributed by atoms with Crippen LogP contribution in [0.25, 0.3) is 22.4 Å². The summed E-state index contributed by atoms with van der Waals surface area (Å²) in [5, 5.41) is 10.1. The Labute approximate surface area is 202 Å². The lowest BCUT2D eigenvalue weighted by atomic mass is 9.97. The molecule has 0 aliphatic carbocycles. The Morgan fingerprint density at radius 3 is 2.32 bits per heavy atom. The number of hydrogen-bond donors (Lipinski definition) is 2. The maximum Gasteiger partial charge on any atom is 0.261 e. The van der Waals surface area contributed by atoms with E-state index in [1.807, 2.05) is 18.2 Å². The van der Waals surface area contributed by atoms with Crippen molar-refractivity contribution in [2.75, 3.05) is 17.6 Å². The van der Waals surface area contributed by atoms with E-state index < -0.39 is 10.0 Å². The molecule has 3 aromatic carbocycles. The van der Waals surface area contributed by atoms with Crippen LogP contribution in [0.1, 0.15) is 5.56 Å². The Balaban J connectivity index is 1.69. The molecule has 170 valence electrons. The van der Waals surface area contributed by atoms with Crippen LogP contribution in [-0.2, 0) is 10.0 Å². The first kappa shape index (κ1) is 23.1. The number of hydrogen-bond acceptors (Lipinski definition) is 6. The zero-order chi connectivity index (χ0) is 24.3. The van der Waals surface area contributed by atoms with E-state index in [0.29, 0.717) is 38.8 Å². The summed E-state index contributed by atoms with van der Waals surface area (Å²) in [6, 6.07) is 23.8. The second-order valence-corrected chi connectivity index (χ2v) is 9.38. The number of benzene rings is 3. The molecule has 0 aliphatic rings. The summed E-state index contributed by atoms with van der Waals surface area (Å²) in [7, 11) is -2.21. The lowest BCUT2D eigenvalue weighted by Crippen LogP contribution is -2.12. The van der Waals surface area contributed by atoms with E-state index in [1.165, 1.54) is 24.3 Å². The molecule has 1 aromatic heterocycles. The van der Waals surface area contributed by atoms with Crippen LogP contribution in [0.3, 0.4) is 0 Å². The zero-order valence-electron chi connectivity index (χ0n) is 18.0. The van der Waals surface area contributed by atoms with Crippen LogP contribution in [0.15, 0.2) is 83.8 Å². The minimum atomic E-state index is -3.77. The molecule has 7 nitrogen and oxygen atoms in total. The number of nitrogens with zero attached hydrogens (tertiary/aromatic N) is 2. The maximum absolute atomic E-state index is 12.6. The number of nitrogen functional groups attached to an aromatic ring is 1. The third-order valence-corrected chi connectivity index (χ3v) is 6.76. The quantitative estimate of drug-likeness (QED) is 0.377. The highest BCUT2D eigenvalue weighted by Gasteiger charge is 2.17. The summed E-state index contributed by atoms with van der Waals surface area (Å²) in [5.74, 6) is 0.691. The Morgan fingerprint density at radius 1 is 1.00 bits per heavy atom. The van der Waals surface area contributed by atoms with E-state index in [1.54, 1.807) is 43.5 Å². The molecule has 4 aromatic rings. The average molecular weight is 491 g/mol. The largest absolute Gasteiger partial charge is 0.496 e. The van der Waals surface area contributed by atoms with Crippen LogP contribution >= 0.6 is 11.6 Å². The van der Waals surface area contributed by atoms with Crippen LogP contribution in [0.2, 0.25) is 5.02 Å². The number of ether oxygens (including phenoxy) is 1. The molecule has 0 spiro atoms. The third-order valence-electron chi connectivity index (χ3n) is 5.11. The molecule has 0 radical (unpaired) electrons. The highest BCUT2D eigenvalue weighted by atomic mass is 35.5. The van der Waals surface area contributed by atoms with Crippen molar-refractivity contribution >= 4 is 33.1 Å². The van der Waals surface area contributed by atoms with Crippen LogP contribution in [0, 0.1) is 11.3 Å². The predicted molar refractivity (Wildman–Crippen MR) is 133 cm³/mol. The summed E-state index contributed by atoms with van der Waals surface area (Å²) < 4.78 is 33.2. The number of methoxy groups -OCH3 is 1. The van der Waals surface area contributed by atoms with E-state index in [9.17, 15) is 13.7 Å². The van der Waals surface area contributed by atoms with Crippen molar-refractivity contribution in [1.29, 1.82) is 5.26 Å². The second kappa shape index (κ2) is 9.43. The molecule has 0 amide bonds. The number of sulfonamides is 1. The fourth-order valence-corrected chi connectivity index (χ4v) is 4.63. The third kappa shape index (κ3) is 4.66. The van der Waals surface area contributed by atoms with Gasteiger partial charge in [-0.1, -0.05) is 41.9 Å². The lowest BCUT2D eigenvalue weighted by Gasteiger charge is -2.13. The van der Waals surface area contributed by atoms with Gasteiger partial charge in [-0.25, -0.2) is 13.4 Å². The van der Waals surface area contributed by atoms with E-state index in [0.717, 1.165) is 0 Å². The number of para-hydroxylation sites is 1. The second-order valence-electron chi connectivity index (χ2n) is 7.26. The molecule has 0 saturated carbocycles. The maximum atomic E-state index is 12.6. The van der Waals surface area contributed by atoms with E-state index >= 15 is 0 Å². The van der Waals surface area contributed by atoms with Gasteiger partial charge in [-0.15, -0.1) is 0 Å². The van der Waals surface area contributed by atoms with Gasteiger partial charge in [0.1, 0.15) is 23.2 Å². The highest BCUT2D eigenvalue weighted by Crippen LogP contribution is 2.36. The fraction of sp³-hybridized carbons (Fsp3) is 0.0400.